The number of carbonyl (C=O) groups is 1. The summed E-state index contributed by atoms with van der Waals surface area (Å²) < 4.78 is 25.6. The first-order valence-electron chi connectivity index (χ1n) is 8.53. The van der Waals surface area contributed by atoms with Crippen molar-refractivity contribution in [3.63, 3.8) is 0 Å². The molecule has 0 aromatic heterocycles. The number of nitrogens with zero attached hydrogens (tertiary/aromatic N) is 1. The standard InChI is InChI=1S/C20H21F2NOS/c21-20(22)25-18-12-5-4-11-17(18)19(24)23-13-7-6-10-16(14-23)15-8-2-1-3-9-15/h1-5,8-9,11-12,16,20H,6-7,10,13-14H2. The van der Waals surface area contributed by atoms with Crippen LogP contribution >= 0.6 is 11.8 Å². The highest BCUT2D eigenvalue weighted by atomic mass is 32.2. The van der Waals surface area contributed by atoms with Gasteiger partial charge < -0.3 is 4.90 Å². The highest BCUT2D eigenvalue weighted by molar-refractivity contribution is 7.99. The molecule has 1 atom stereocenters. The van der Waals surface area contributed by atoms with Gasteiger partial charge in [-0.15, -0.1) is 0 Å². The fourth-order valence-corrected chi connectivity index (χ4v) is 3.97. The molecule has 132 valence electrons. The minimum Gasteiger partial charge on any atom is -0.338 e. The van der Waals surface area contributed by atoms with E-state index in [0.29, 0.717) is 41.2 Å². The smallest absolute Gasteiger partial charge is 0.288 e. The summed E-state index contributed by atoms with van der Waals surface area (Å²) in [7, 11) is 0. The van der Waals surface area contributed by atoms with Gasteiger partial charge in [-0.05, 0) is 30.5 Å². The van der Waals surface area contributed by atoms with Gasteiger partial charge in [0.2, 0.25) is 0 Å². The first-order valence-corrected chi connectivity index (χ1v) is 9.41. The minimum atomic E-state index is -2.53. The predicted octanol–water partition coefficient (Wildman–Crippen LogP) is 5.41. The fraction of sp³-hybridized carbons (Fsp3) is 0.350. The van der Waals surface area contributed by atoms with Crippen LogP contribution in [0.5, 0.6) is 0 Å². The number of amides is 1. The van der Waals surface area contributed by atoms with E-state index < -0.39 is 5.76 Å². The number of carbonyl (C=O) groups excluding carboxylic acids is 1. The lowest BCUT2D eigenvalue weighted by molar-refractivity contribution is 0.0751. The quantitative estimate of drug-likeness (QED) is 0.679. The Morgan fingerprint density at radius 1 is 1.04 bits per heavy atom. The molecule has 1 unspecified atom stereocenters. The van der Waals surface area contributed by atoms with Crippen LogP contribution in [0.25, 0.3) is 0 Å². The van der Waals surface area contributed by atoms with Crippen molar-refractivity contribution >= 4 is 17.7 Å². The maximum absolute atomic E-state index is 13.0. The van der Waals surface area contributed by atoms with E-state index in [-0.39, 0.29) is 5.91 Å². The molecule has 25 heavy (non-hydrogen) atoms. The Bertz CT molecular complexity index is 708. The summed E-state index contributed by atoms with van der Waals surface area (Å²) in [5.41, 5.74) is 1.61. The lowest BCUT2D eigenvalue weighted by Gasteiger charge is -2.25. The molecule has 0 saturated carbocycles. The van der Waals surface area contributed by atoms with Gasteiger partial charge in [0.1, 0.15) is 0 Å². The van der Waals surface area contributed by atoms with Crippen molar-refractivity contribution < 1.29 is 13.6 Å². The van der Waals surface area contributed by atoms with Crippen molar-refractivity contribution in [3.8, 4) is 0 Å². The molecule has 0 spiro atoms. The van der Waals surface area contributed by atoms with E-state index in [0.717, 1.165) is 19.3 Å². The highest BCUT2D eigenvalue weighted by Crippen LogP contribution is 2.31. The van der Waals surface area contributed by atoms with Crippen LogP contribution in [0, 0.1) is 0 Å². The number of halogens is 2. The summed E-state index contributed by atoms with van der Waals surface area (Å²) in [5.74, 6) is -2.38. The molecule has 0 aliphatic carbocycles. The summed E-state index contributed by atoms with van der Waals surface area (Å²) in [5, 5.41) is 0. The average Bonchev–Trinajstić information content (AvgIpc) is 2.88. The molecule has 1 aliphatic heterocycles. The Hall–Kier alpha value is -1.88. The van der Waals surface area contributed by atoms with Crippen LogP contribution in [0.2, 0.25) is 0 Å². The summed E-state index contributed by atoms with van der Waals surface area (Å²) in [6.07, 6.45) is 3.05. The Morgan fingerprint density at radius 2 is 1.76 bits per heavy atom. The topological polar surface area (TPSA) is 20.3 Å². The predicted molar refractivity (Wildman–Crippen MR) is 97.2 cm³/mol. The van der Waals surface area contributed by atoms with Crippen molar-refractivity contribution in [2.75, 3.05) is 13.1 Å². The van der Waals surface area contributed by atoms with Crippen LogP contribution in [0.15, 0.2) is 59.5 Å². The van der Waals surface area contributed by atoms with E-state index in [1.54, 1.807) is 24.3 Å². The van der Waals surface area contributed by atoms with E-state index in [4.69, 9.17) is 0 Å². The number of rotatable bonds is 4. The van der Waals surface area contributed by atoms with Gasteiger partial charge in [0.25, 0.3) is 11.7 Å². The third-order valence-corrected chi connectivity index (χ3v) is 5.35. The van der Waals surface area contributed by atoms with Gasteiger partial charge in [-0.25, -0.2) is 0 Å². The number of hydrogen-bond acceptors (Lipinski definition) is 2. The summed E-state index contributed by atoms with van der Waals surface area (Å²) >= 11 is 0.439. The molecule has 1 saturated heterocycles. The van der Waals surface area contributed by atoms with Crippen molar-refractivity contribution in [1.82, 2.24) is 4.90 Å². The molecule has 5 heteroatoms. The van der Waals surface area contributed by atoms with E-state index in [2.05, 4.69) is 12.1 Å². The third kappa shape index (κ3) is 4.60. The monoisotopic (exact) mass is 361 g/mol. The second kappa shape index (κ2) is 8.48. The van der Waals surface area contributed by atoms with Gasteiger partial charge >= 0.3 is 0 Å². The SMILES string of the molecule is O=C(c1ccccc1SC(F)F)N1CCCCC(c2ccccc2)C1. The van der Waals surface area contributed by atoms with Crippen molar-refractivity contribution in [3.05, 3.63) is 65.7 Å². The summed E-state index contributed by atoms with van der Waals surface area (Å²) in [4.78, 5) is 15.2. The van der Waals surface area contributed by atoms with Gasteiger partial charge in [0.15, 0.2) is 0 Å². The fourth-order valence-electron chi connectivity index (χ4n) is 3.34. The Labute approximate surface area is 151 Å². The zero-order valence-electron chi connectivity index (χ0n) is 13.9. The normalized spacial score (nSPS) is 18.2. The molecule has 0 N–H and O–H groups in total. The third-order valence-electron chi connectivity index (χ3n) is 4.56. The van der Waals surface area contributed by atoms with E-state index in [1.807, 2.05) is 23.1 Å². The number of thioether (sulfide) groups is 1. The molecule has 0 bridgehead atoms. The van der Waals surface area contributed by atoms with E-state index >= 15 is 0 Å². The molecule has 1 amide bonds. The molecule has 2 aromatic rings. The average molecular weight is 361 g/mol. The van der Waals surface area contributed by atoms with Crippen LogP contribution in [0.1, 0.15) is 41.1 Å². The van der Waals surface area contributed by atoms with E-state index in [1.165, 1.54) is 5.56 Å². The van der Waals surface area contributed by atoms with E-state index in [9.17, 15) is 13.6 Å². The highest BCUT2D eigenvalue weighted by Gasteiger charge is 2.25. The van der Waals surface area contributed by atoms with Crippen LogP contribution in [0.3, 0.4) is 0 Å². The first-order chi connectivity index (χ1) is 12.1. The number of alkyl halides is 2. The van der Waals surface area contributed by atoms with Crippen LogP contribution in [0.4, 0.5) is 8.78 Å². The number of hydrogen-bond donors (Lipinski definition) is 0. The molecule has 2 aromatic carbocycles. The van der Waals surface area contributed by atoms with Gasteiger partial charge in [-0.3, -0.25) is 4.79 Å². The first kappa shape index (κ1) is 17.9. The molecular weight excluding hydrogens is 340 g/mol. The summed E-state index contributed by atoms with van der Waals surface area (Å²) in [6, 6.07) is 16.9. The van der Waals surface area contributed by atoms with Gasteiger partial charge in [0.05, 0.1) is 5.56 Å². The zero-order valence-corrected chi connectivity index (χ0v) is 14.7. The van der Waals surface area contributed by atoms with Crippen LogP contribution in [-0.2, 0) is 0 Å². The molecule has 3 rings (SSSR count). The zero-order chi connectivity index (χ0) is 17.6. The largest absolute Gasteiger partial charge is 0.338 e. The van der Waals surface area contributed by atoms with Crippen molar-refractivity contribution in [2.45, 2.75) is 35.8 Å². The van der Waals surface area contributed by atoms with Crippen molar-refractivity contribution in [2.24, 2.45) is 0 Å². The van der Waals surface area contributed by atoms with Gasteiger partial charge in [-0.2, -0.15) is 8.78 Å². The lowest BCUT2D eigenvalue weighted by atomic mass is 9.94. The molecular formula is C20H21F2NOS. The van der Waals surface area contributed by atoms with Crippen LogP contribution in [-0.4, -0.2) is 29.7 Å². The number of likely N-dealkylation sites (tertiary alicyclic amines) is 1. The second-order valence-electron chi connectivity index (χ2n) is 6.23. The van der Waals surface area contributed by atoms with Crippen LogP contribution < -0.4 is 0 Å². The Kier molecular flexibility index (Phi) is 6.08. The van der Waals surface area contributed by atoms with Gasteiger partial charge in [-0.1, -0.05) is 60.6 Å². The molecule has 1 fully saturated rings. The van der Waals surface area contributed by atoms with Gasteiger partial charge in [0, 0.05) is 23.9 Å². The molecule has 2 nitrogen and oxygen atoms in total. The Morgan fingerprint density at radius 3 is 2.52 bits per heavy atom. The molecule has 1 aliphatic rings. The summed E-state index contributed by atoms with van der Waals surface area (Å²) in [6.45, 7) is 1.31. The maximum atomic E-state index is 13.0. The minimum absolute atomic E-state index is 0.147. The Balaban J connectivity index is 1.81. The number of benzene rings is 2. The maximum Gasteiger partial charge on any atom is 0.288 e. The molecule has 1 heterocycles. The second-order valence-corrected chi connectivity index (χ2v) is 7.26. The van der Waals surface area contributed by atoms with Crippen molar-refractivity contribution in [1.29, 1.82) is 0 Å². The lowest BCUT2D eigenvalue weighted by Crippen LogP contribution is -2.34. The molecule has 0 radical (unpaired) electrons.